The van der Waals surface area contributed by atoms with Gasteiger partial charge in [-0.25, -0.2) is 0 Å². The molecule has 2 heterocycles. The molecule has 122 valence electrons. The zero-order valence-corrected chi connectivity index (χ0v) is 15.2. The van der Waals surface area contributed by atoms with Crippen LogP contribution in [0.25, 0.3) is 11.4 Å². The molecular weight excluding hydrogens is 388 g/mol. The highest BCUT2D eigenvalue weighted by atomic mass is 79.9. The van der Waals surface area contributed by atoms with E-state index in [-0.39, 0.29) is 5.78 Å². The van der Waals surface area contributed by atoms with E-state index in [4.69, 9.17) is 0 Å². The van der Waals surface area contributed by atoms with E-state index in [1.807, 2.05) is 34.9 Å². The van der Waals surface area contributed by atoms with Gasteiger partial charge < -0.3 is 4.98 Å². The van der Waals surface area contributed by atoms with E-state index in [9.17, 15) is 4.79 Å². The van der Waals surface area contributed by atoms with Crippen LogP contribution < -0.4 is 0 Å². The zero-order valence-electron chi connectivity index (χ0n) is 12.8. The number of Topliss-reactive ketones (excluding diaryl/α,β-unsaturated/α-hetero) is 1. The number of carbonyl (C=O) groups excluding carboxylic acids is 1. The number of ketones is 1. The highest BCUT2D eigenvalue weighted by Crippen LogP contribution is 2.25. The Balaban J connectivity index is 1.82. The van der Waals surface area contributed by atoms with Gasteiger partial charge in [-0.2, -0.15) is 0 Å². The maximum absolute atomic E-state index is 12.1. The third-order valence-electron chi connectivity index (χ3n) is 3.36. The molecular formula is C17H15BrN4OS. The summed E-state index contributed by atoms with van der Waals surface area (Å²) in [7, 11) is 0. The Morgan fingerprint density at radius 2 is 2.08 bits per heavy atom. The van der Waals surface area contributed by atoms with Crippen LogP contribution in [0.5, 0.6) is 0 Å². The molecule has 3 aromatic rings. The Morgan fingerprint density at radius 3 is 2.75 bits per heavy atom. The lowest BCUT2D eigenvalue weighted by molar-refractivity contribution is 0.101. The van der Waals surface area contributed by atoms with Crippen molar-refractivity contribution in [1.82, 2.24) is 19.7 Å². The Hall–Kier alpha value is -2.12. The van der Waals surface area contributed by atoms with Gasteiger partial charge in [0.1, 0.15) is 0 Å². The maximum Gasteiger partial charge on any atom is 0.192 e. The Bertz CT molecular complexity index is 840. The fourth-order valence-electron chi connectivity index (χ4n) is 2.21. The van der Waals surface area contributed by atoms with Gasteiger partial charge in [0, 0.05) is 22.8 Å². The summed E-state index contributed by atoms with van der Waals surface area (Å²) in [4.78, 5) is 15.1. The van der Waals surface area contributed by atoms with Crippen LogP contribution in [0.1, 0.15) is 10.5 Å². The monoisotopic (exact) mass is 402 g/mol. The number of hydrogen-bond acceptors (Lipinski definition) is 4. The van der Waals surface area contributed by atoms with E-state index < -0.39 is 0 Å². The lowest BCUT2D eigenvalue weighted by Gasteiger charge is -2.07. The van der Waals surface area contributed by atoms with Crippen molar-refractivity contribution in [2.45, 2.75) is 11.7 Å². The topological polar surface area (TPSA) is 63.6 Å². The summed E-state index contributed by atoms with van der Waals surface area (Å²) in [5.41, 5.74) is 1.57. The summed E-state index contributed by atoms with van der Waals surface area (Å²) in [6, 6.07) is 11.5. The van der Waals surface area contributed by atoms with Crippen molar-refractivity contribution in [3.63, 3.8) is 0 Å². The predicted octanol–water partition coefficient (Wildman–Crippen LogP) is 4.20. The molecule has 0 saturated carbocycles. The van der Waals surface area contributed by atoms with E-state index in [1.165, 1.54) is 11.8 Å². The summed E-state index contributed by atoms with van der Waals surface area (Å²) >= 11 is 4.80. The molecule has 0 bridgehead atoms. The first-order valence-electron chi connectivity index (χ1n) is 7.28. The molecule has 0 unspecified atom stereocenters. The van der Waals surface area contributed by atoms with Crippen LogP contribution in [0.4, 0.5) is 0 Å². The van der Waals surface area contributed by atoms with Gasteiger partial charge in [0.15, 0.2) is 16.8 Å². The number of carbonyl (C=O) groups is 1. The number of aromatic amines is 1. The summed E-state index contributed by atoms with van der Waals surface area (Å²) < 4.78 is 2.97. The Labute approximate surface area is 152 Å². The van der Waals surface area contributed by atoms with Gasteiger partial charge in [-0.1, -0.05) is 45.9 Å². The highest BCUT2D eigenvalue weighted by Gasteiger charge is 2.15. The van der Waals surface area contributed by atoms with E-state index in [2.05, 4.69) is 37.7 Å². The SMILES string of the molecule is C=CCn1c(SCC(=O)c2ccc[nH]2)nnc1-c1ccc(Br)cc1. The molecule has 0 spiro atoms. The Kier molecular flexibility index (Phi) is 5.32. The lowest BCUT2D eigenvalue weighted by Crippen LogP contribution is -2.05. The Morgan fingerprint density at radius 1 is 1.29 bits per heavy atom. The van der Waals surface area contributed by atoms with Gasteiger partial charge in [-0.3, -0.25) is 9.36 Å². The first kappa shape index (κ1) is 16.7. The molecule has 0 atom stereocenters. The number of H-pyrrole nitrogens is 1. The standard InChI is InChI=1S/C17H15BrN4OS/c1-2-10-22-16(12-5-7-13(18)8-6-12)20-21-17(22)24-11-15(23)14-4-3-9-19-14/h2-9,19H,1,10-11H2. The number of benzene rings is 1. The van der Waals surface area contributed by atoms with Gasteiger partial charge >= 0.3 is 0 Å². The summed E-state index contributed by atoms with van der Waals surface area (Å²) in [5, 5.41) is 9.23. The smallest absolute Gasteiger partial charge is 0.192 e. The van der Waals surface area contributed by atoms with E-state index >= 15 is 0 Å². The van der Waals surface area contributed by atoms with Crippen molar-refractivity contribution in [3.8, 4) is 11.4 Å². The van der Waals surface area contributed by atoms with Crippen LogP contribution in [0.15, 0.2) is 64.9 Å². The van der Waals surface area contributed by atoms with Crippen molar-refractivity contribution in [3.05, 3.63) is 65.4 Å². The molecule has 0 fully saturated rings. The fourth-order valence-corrected chi connectivity index (χ4v) is 3.31. The molecule has 24 heavy (non-hydrogen) atoms. The highest BCUT2D eigenvalue weighted by molar-refractivity contribution is 9.10. The second-order valence-electron chi connectivity index (χ2n) is 5.01. The zero-order chi connectivity index (χ0) is 16.9. The van der Waals surface area contributed by atoms with Crippen molar-refractivity contribution in [2.24, 2.45) is 0 Å². The van der Waals surface area contributed by atoms with Gasteiger partial charge in [-0.05, 0) is 24.3 Å². The fraction of sp³-hybridized carbons (Fsp3) is 0.118. The molecule has 0 aliphatic heterocycles. The first-order chi connectivity index (χ1) is 11.7. The molecule has 0 amide bonds. The van der Waals surface area contributed by atoms with Crippen LogP contribution in [-0.2, 0) is 6.54 Å². The van der Waals surface area contributed by atoms with Crippen molar-refractivity contribution < 1.29 is 4.79 Å². The maximum atomic E-state index is 12.1. The minimum absolute atomic E-state index is 0.0309. The molecule has 1 aromatic carbocycles. The molecule has 0 aliphatic rings. The van der Waals surface area contributed by atoms with Crippen LogP contribution in [0.3, 0.4) is 0 Å². The third-order valence-corrected chi connectivity index (χ3v) is 4.86. The largest absolute Gasteiger partial charge is 0.359 e. The summed E-state index contributed by atoms with van der Waals surface area (Å²) in [5.74, 6) is 1.09. The van der Waals surface area contributed by atoms with E-state index in [0.29, 0.717) is 23.1 Å². The van der Waals surface area contributed by atoms with Crippen LogP contribution in [-0.4, -0.2) is 31.3 Å². The average molecular weight is 403 g/mol. The lowest BCUT2D eigenvalue weighted by atomic mass is 10.2. The van der Waals surface area contributed by atoms with E-state index in [0.717, 1.165) is 15.9 Å². The third kappa shape index (κ3) is 3.68. The quantitative estimate of drug-likeness (QED) is 0.365. The van der Waals surface area contributed by atoms with Gasteiger partial charge in [0.05, 0.1) is 11.4 Å². The number of thioether (sulfide) groups is 1. The minimum atomic E-state index is 0.0309. The number of aromatic nitrogens is 4. The molecule has 7 heteroatoms. The van der Waals surface area contributed by atoms with Gasteiger partial charge in [0.25, 0.3) is 0 Å². The van der Waals surface area contributed by atoms with Crippen LogP contribution >= 0.6 is 27.7 Å². The van der Waals surface area contributed by atoms with E-state index in [1.54, 1.807) is 18.3 Å². The summed E-state index contributed by atoms with van der Waals surface area (Å²) in [6.07, 6.45) is 3.53. The number of nitrogens with zero attached hydrogens (tertiary/aromatic N) is 3. The number of allylic oxidation sites excluding steroid dienone is 1. The van der Waals surface area contributed by atoms with Gasteiger partial charge in [0.2, 0.25) is 0 Å². The number of halogens is 1. The second-order valence-corrected chi connectivity index (χ2v) is 6.87. The minimum Gasteiger partial charge on any atom is -0.359 e. The molecule has 1 N–H and O–H groups in total. The molecule has 0 radical (unpaired) electrons. The number of hydrogen-bond donors (Lipinski definition) is 1. The normalized spacial score (nSPS) is 10.7. The number of rotatable bonds is 7. The predicted molar refractivity (Wildman–Crippen MR) is 99.2 cm³/mol. The van der Waals surface area contributed by atoms with Crippen molar-refractivity contribution >= 4 is 33.5 Å². The molecule has 0 saturated heterocycles. The molecule has 3 rings (SSSR count). The van der Waals surface area contributed by atoms with Crippen molar-refractivity contribution in [2.75, 3.05) is 5.75 Å². The second kappa shape index (κ2) is 7.63. The van der Waals surface area contributed by atoms with Crippen LogP contribution in [0.2, 0.25) is 0 Å². The van der Waals surface area contributed by atoms with Crippen molar-refractivity contribution in [1.29, 1.82) is 0 Å². The van der Waals surface area contributed by atoms with Gasteiger partial charge in [-0.15, -0.1) is 16.8 Å². The average Bonchev–Trinajstić information content (AvgIpc) is 3.24. The number of nitrogens with one attached hydrogen (secondary N) is 1. The summed E-state index contributed by atoms with van der Waals surface area (Å²) in [6.45, 7) is 4.38. The molecule has 5 nitrogen and oxygen atoms in total. The van der Waals surface area contributed by atoms with Crippen LogP contribution in [0, 0.1) is 0 Å². The first-order valence-corrected chi connectivity index (χ1v) is 9.06. The molecule has 0 aliphatic carbocycles. The molecule has 2 aromatic heterocycles.